The van der Waals surface area contributed by atoms with Crippen molar-refractivity contribution in [2.75, 3.05) is 12.3 Å². The minimum atomic E-state index is -0.868. The first-order chi connectivity index (χ1) is 11.6. The lowest BCUT2D eigenvalue weighted by molar-refractivity contribution is 0.0474. The molecule has 2 aromatic rings. The molecule has 1 aromatic carbocycles. The summed E-state index contributed by atoms with van der Waals surface area (Å²) in [5.74, 6) is -1.99. The number of anilines is 1. The highest BCUT2D eigenvalue weighted by Gasteiger charge is 2.21. The zero-order valence-corrected chi connectivity index (χ0v) is 14.7. The van der Waals surface area contributed by atoms with Gasteiger partial charge in [-0.15, -0.1) is 0 Å². The fourth-order valence-electron chi connectivity index (χ4n) is 2.08. The molecule has 0 aliphatic carbocycles. The number of nitrogens with zero attached hydrogens (tertiary/aromatic N) is 2. The van der Waals surface area contributed by atoms with Crippen LogP contribution in [0.1, 0.15) is 20.7 Å². The molecule has 132 valence electrons. The van der Waals surface area contributed by atoms with Gasteiger partial charge in [0.1, 0.15) is 11.4 Å². The van der Waals surface area contributed by atoms with Crippen LogP contribution in [0.4, 0.5) is 5.82 Å². The van der Waals surface area contributed by atoms with Gasteiger partial charge in [0.25, 0.3) is 5.56 Å². The first-order valence-electron chi connectivity index (χ1n) is 6.85. The predicted molar refractivity (Wildman–Crippen MR) is 92.4 cm³/mol. The number of halogens is 2. The molecule has 1 aromatic heterocycles. The first-order valence-corrected chi connectivity index (χ1v) is 7.61. The Morgan fingerprint density at radius 1 is 1.08 bits per heavy atom. The van der Waals surface area contributed by atoms with Gasteiger partial charge in [-0.2, -0.15) is 0 Å². The molecule has 0 saturated carbocycles. The predicted octanol–water partition coefficient (Wildman–Crippen LogP) is 1.01. The van der Waals surface area contributed by atoms with Crippen molar-refractivity contribution in [1.29, 1.82) is 0 Å². The molecule has 0 aliphatic heterocycles. The largest absolute Gasteiger partial charge is 0.454 e. The summed E-state index contributed by atoms with van der Waals surface area (Å²) in [4.78, 5) is 48.0. The molecule has 0 unspecified atom stereocenters. The highest BCUT2D eigenvalue weighted by Crippen LogP contribution is 2.19. The zero-order chi connectivity index (χ0) is 18.9. The monoisotopic (exact) mass is 385 g/mol. The van der Waals surface area contributed by atoms with Gasteiger partial charge >= 0.3 is 11.7 Å². The van der Waals surface area contributed by atoms with Gasteiger partial charge < -0.3 is 10.5 Å². The van der Waals surface area contributed by atoms with E-state index in [2.05, 4.69) is 0 Å². The van der Waals surface area contributed by atoms with E-state index in [0.29, 0.717) is 0 Å². The Kier molecular flexibility index (Phi) is 5.34. The van der Waals surface area contributed by atoms with E-state index in [1.54, 1.807) is 0 Å². The van der Waals surface area contributed by atoms with Crippen molar-refractivity contribution in [3.8, 4) is 0 Å². The van der Waals surface area contributed by atoms with Crippen molar-refractivity contribution >= 4 is 40.8 Å². The molecule has 0 radical (unpaired) electrons. The number of carbonyl (C=O) groups is 2. The number of hydrogen-bond acceptors (Lipinski definition) is 6. The van der Waals surface area contributed by atoms with Crippen LogP contribution >= 0.6 is 23.2 Å². The topological polar surface area (TPSA) is 113 Å². The van der Waals surface area contributed by atoms with Crippen molar-refractivity contribution in [1.82, 2.24) is 9.13 Å². The third-order valence-electron chi connectivity index (χ3n) is 3.42. The molecule has 0 aliphatic rings. The highest BCUT2D eigenvalue weighted by atomic mass is 35.5. The molecule has 0 fully saturated rings. The third kappa shape index (κ3) is 3.75. The van der Waals surface area contributed by atoms with Crippen molar-refractivity contribution in [2.45, 2.75) is 0 Å². The summed E-state index contributed by atoms with van der Waals surface area (Å²) in [5.41, 5.74) is 3.74. The number of aromatic nitrogens is 2. The number of esters is 1. The van der Waals surface area contributed by atoms with Crippen molar-refractivity contribution in [2.24, 2.45) is 14.1 Å². The summed E-state index contributed by atoms with van der Waals surface area (Å²) in [7, 11) is 2.52. The standard InChI is InChI=1S/C15H13Cl2N3O5/c1-19-12(18)11(13(22)20(2)15(19)24)10(21)6-25-14(23)7-3-8(16)5-9(17)4-7/h3-5H,6,18H2,1-2H3. The molecule has 10 heteroatoms. The Balaban J connectivity index is 2.25. The van der Waals surface area contributed by atoms with Gasteiger partial charge in [0.2, 0.25) is 5.78 Å². The third-order valence-corrected chi connectivity index (χ3v) is 3.86. The lowest BCUT2D eigenvalue weighted by atomic mass is 10.2. The van der Waals surface area contributed by atoms with E-state index in [0.717, 1.165) is 9.13 Å². The Morgan fingerprint density at radius 2 is 1.64 bits per heavy atom. The second-order valence-corrected chi connectivity index (χ2v) is 6.00. The number of ether oxygens (including phenoxy) is 1. The number of nitrogens with two attached hydrogens (primary N) is 1. The summed E-state index contributed by atoms with van der Waals surface area (Å²) >= 11 is 11.6. The summed E-state index contributed by atoms with van der Waals surface area (Å²) in [6, 6.07) is 4.07. The van der Waals surface area contributed by atoms with Gasteiger partial charge in [-0.05, 0) is 18.2 Å². The number of Topliss-reactive ketones (excluding diaryl/α,β-unsaturated/α-hetero) is 1. The van der Waals surface area contributed by atoms with Crippen LogP contribution in [0.25, 0.3) is 0 Å². The van der Waals surface area contributed by atoms with Crippen LogP contribution in [0.2, 0.25) is 10.0 Å². The Hall–Kier alpha value is -2.58. The van der Waals surface area contributed by atoms with Crippen LogP contribution in [0.3, 0.4) is 0 Å². The van der Waals surface area contributed by atoms with Crippen LogP contribution in [0, 0.1) is 0 Å². The van der Waals surface area contributed by atoms with Gasteiger partial charge in [-0.3, -0.25) is 18.7 Å². The van der Waals surface area contributed by atoms with Crippen LogP contribution in [-0.4, -0.2) is 27.5 Å². The van der Waals surface area contributed by atoms with Crippen LogP contribution in [0.15, 0.2) is 27.8 Å². The Morgan fingerprint density at radius 3 is 2.20 bits per heavy atom. The number of carbonyl (C=O) groups excluding carboxylic acids is 2. The molecule has 0 spiro atoms. The molecule has 2 N–H and O–H groups in total. The van der Waals surface area contributed by atoms with Gasteiger partial charge in [-0.25, -0.2) is 9.59 Å². The number of benzene rings is 1. The van der Waals surface area contributed by atoms with E-state index in [1.807, 2.05) is 0 Å². The van der Waals surface area contributed by atoms with Gasteiger partial charge in [0.15, 0.2) is 6.61 Å². The minimum Gasteiger partial charge on any atom is -0.454 e. The summed E-state index contributed by atoms with van der Waals surface area (Å²) in [6.45, 7) is -0.736. The maximum Gasteiger partial charge on any atom is 0.338 e. The lowest BCUT2D eigenvalue weighted by Gasteiger charge is -2.11. The smallest absolute Gasteiger partial charge is 0.338 e. The van der Waals surface area contributed by atoms with Crippen molar-refractivity contribution < 1.29 is 14.3 Å². The number of nitrogen functional groups attached to an aromatic ring is 1. The second-order valence-electron chi connectivity index (χ2n) is 5.12. The fraction of sp³-hybridized carbons (Fsp3) is 0.200. The van der Waals surface area contributed by atoms with E-state index in [-0.39, 0.29) is 21.4 Å². The SMILES string of the molecule is Cn1c(N)c(C(=O)COC(=O)c2cc(Cl)cc(Cl)c2)c(=O)n(C)c1=O. The van der Waals surface area contributed by atoms with Gasteiger partial charge in [-0.1, -0.05) is 23.2 Å². The second kappa shape index (κ2) is 7.12. The zero-order valence-electron chi connectivity index (χ0n) is 13.2. The normalized spacial score (nSPS) is 10.6. The summed E-state index contributed by atoms with van der Waals surface area (Å²) < 4.78 is 6.57. The van der Waals surface area contributed by atoms with Crippen molar-refractivity contribution in [3.63, 3.8) is 0 Å². The summed E-state index contributed by atoms with van der Waals surface area (Å²) in [6.07, 6.45) is 0. The highest BCUT2D eigenvalue weighted by molar-refractivity contribution is 6.35. The molecule has 1 heterocycles. The fourth-order valence-corrected chi connectivity index (χ4v) is 2.61. The lowest BCUT2D eigenvalue weighted by Crippen LogP contribution is -2.42. The maximum absolute atomic E-state index is 12.2. The average molecular weight is 386 g/mol. The van der Waals surface area contributed by atoms with Gasteiger partial charge in [0.05, 0.1) is 5.56 Å². The number of rotatable bonds is 4. The van der Waals surface area contributed by atoms with E-state index in [4.69, 9.17) is 33.7 Å². The molecule has 8 nitrogen and oxygen atoms in total. The molecule has 0 amide bonds. The van der Waals surface area contributed by atoms with E-state index in [1.165, 1.54) is 32.3 Å². The average Bonchev–Trinajstić information content (AvgIpc) is 2.55. The molecule has 2 rings (SSSR count). The Bertz CT molecular complexity index is 974. The molecular weight excluding hydrogens is 373 g/mol. The summed E-state index contributed by atoms with van der Waals surface area (Å²) in [5, 5.41) is 0.448. The number of ketones is 1. The maximum atomic E-state index is 12.2. The minimum absolute atomic E-state index is 0.0478. The number of hydrogen-bond donors (Lipinski definition) is 1. The van der Waals surface area contributed by atoms with Gasteiger partial charge in [0, 0.05) is 24.1 Å². The molecule has 0 bridgehead atoms. The quantitative estimate of drug-likeness (QED) is 0.620. The van der Waals surface area contributed by atoms with E-state index in [9.17, 15) is 19.2 Å². The molecular formula is C15H13Cl2N3O5. The van der Waals surface area contributed by atoms with Crippen molar-refractivity contribution in [3.05, 3.63) is 60.2 Å². The Labute approximate surface area is 151 Å². The molecule has 25 heavy (non-hydrogen) atoms. The van der Waals surface area contributed by atoms with Crippen LogP contribution < -0.4 is 17.0 Å². The van der Waals surface area contributed by atoms with E-state index >= 15 is 0 Å². The molecule has 0 atom stereocenters. The first kappa shape index (κ1) is 18.8. The molecule has 0 saturated heterocycles. The van der Waals surface area contributed by atoms with Crippen LogP contribution in [-0.2, 0) is 18.8 Å². The van der Waals surface area contributed by atoms with Crippen LogP contribution in [0.5, 0.6) is 0 Å². The van der Waals surface area contributed by atoms with E-state index < -0.39 is 35.2 Å².